The monoisotopic (exact) mass is 665 g/mol. The Balaban J connectivity index is 1.22. The molecule has 2 aliphatic heterocycles. The first-order chi connectivity index (χ1) is 20.9. The molecule has 226 valence electrons. The van der Waals surface area contributed by atoms with Crippen molar-refractivity contribution in [3.8, 4) is 5.75 Å². The van der Waals surface area contributed by atoms with Crippen LogP contribution in [0, 0.1) is 6.92 Å². The molecule has 11 nitrogen and oxygen atoms in total. The van der Waals surface area contributed by atoms with Gasteiger partial charge in [-0.2, -0.15) is 4.98 Å². The maximum absolute atomic E-state index is 12.1. The molecule has 3 N–H and O–H groups in total. The van der Waals surface area contributed by atoms with E-state index in [0.717, 1.165) is 24.5 Å². The summed E-state index contributed by atoms with van der Waals surface area (Å²) in [7, 11) is 0.360. The molecule has 43 heavy (non-hydrogen) atoms. The molecule has 2 saturated heterocycles. The number of nitrogens with one attached hydrogen (secondary N) is 3. The number of fused-ring (bicyclic) bond motifs is 1. The third-order valence-electron chi connectivity index (χ3n) is 8.11. The molecular weight excluding hydrogens is 630 g/mol. The Morgan fingerprint density at radius 1 is 1.00 bits per heavy atom. The second-order valence-electron chi connectivity index (χ2n) is 10.9. The van der Waals surface area contributed by atoms with E-state index in [-0.39, 0.29) is 0 Å². The normalized spacial score (nSPS) is 16.8. The van der Waals surface area contributed by atoms with E-state index >= 15 is 0 Å². The van der Waals surface area contributed by atoms with Gasteiger partial charge < -0.3 is 29.9 Å². The molecule has 0 bridgehead atoms. The van der Waals surface area contributed by atoms with Crippen molar-refractivity contribution in [1.29, 1.82) is 0 Å². The standard InChI is InChI=1S/C30H36BrN9O2S/c1-19-16-24(26(42-2)17-25(19)40-14-8-20(9-15-40)39-12-4-5-13-39)36-30-34-18-21(31)29(37-30)35-23-7-6-22-27(33-11-10-32-22)28(23)38-43(3)41/h6-7,10-11,16-18,20,38H,4-5,8-9,12-15H2,1-3H3,(H2,34,35,36,37). The number of hydrogen-bond donors (Lipinski definition) is 3. The van der Waals surface area contributed by atoms with Crippen molar-refractivity contribution < 1.29 is 8.95 Å². The summed E-state index contributed by atoms with van der Waals surface area (Å²) in [5.41, 5.74) is 5.67. The second-order valence-corrected chi connectivity index (χ2v) is 12.9. The van der Waals surface area contributed by atoms with Gasteiger partial charge in [0.2, 0.25) is 5.95 Å². The van der Waals surface area contributed by atoms with Crippen LogP contribution in [0.4, 0.5) is 34.5 Å². The number of halogens is 1. The van der Waals surface area contributed by atoms with Gasteiger partial charge in [-0.25, -0.2) is 9.19 Å². The molecule has 1 atom stereocenters. The van der Waals surface area contributed by atoms with Crippen LogP contribution in [0.2, 0.25) is 0 Å². The van der Waals surface area contributed by atoms with Gasteiger partial charge in [0.15, 0.2) is 0 Å². The molecule has 0 spiro atoms. The molecular formula is C30H36BrN9O2S. The Labute approximate surface area is 262 Å². The third kappa shape index (κ3) is 6.53. The van der Waals surface area contributed by atoms with Gasteiger partial charge in [-0.1, -0.05) is 0 Å². The highest BCUT2D eigenvalue weighted by Crippen LogP contribution is 2.37. The van der Waals surface area contributed by atoms with Gasteiger partial charge in [0.1, 0.15) is 28.1 Å². The number of aryl methyl sites for hydroxylation is 1. The van der Waals surface area contributed by atoms with Gasteiger partial charge in [-0.05, 0) is 85.4 Å². The van der Waals surface area contributed by atoms with Crippen LogP contribution in [0.1, 0.15) is 31.2 Å². The minimum absolute atomic E-state index is 0.400. The zero-order valence-electron chi connectivity index (χ0n) is 24.6. The Hall–Kier alpha value is -3.55. The maximum atomic E-state index is 12.1. The molecule has 2 aromatic carbocycles. The minimum atomic E-state index is -1.32. The van der Waals surface area contributed by atoms with Crippen LogP contribution < -0.4 is 25.0 Å². The van der Waals surface area contributed by atoms with Gasteiger partial charge in [-0.3, -0.25) is 9.97 Å². The number of rotatable bonds is 9. The van der Waals surface area contributed by atoms with Crippen molar-refractivity contribution in [2.75, 3.05) is 59.8 Å². The van der Waals surface area contributed by atoms with E-state index in [1.165, 1.54) is 50.0 Å². The number of aromatic nitrogens is 4. The summed E-state index contributed by atoms with van der Waals surface area (Å²) in [6.45, 7) is 6.73. The summed E-state index contributed by atoms with van der Waals surface area (Å²) in [4.78, 5) is 23.2. The summed E-state index contributed by atoms with van der Waals surface area (Å²) in [5, 5.41) is 6.68. The Kier molecular flexibility index (Phi) is 8.91. The van der Waals surface area contributed by atoms with Crippen molar-refractivity contribution in [2.45, 2.75) is 38.6 Å². The van der Waals surface area contributed by atoms with Crippen molar-refractivity contribution in [3.05, 3.63) is 52.9 Å². The topological polar surface area (TPSA) is 120 Å². The number of benzene rings is 2. The summed E-state index contributed by atoms with van der Waals surface area (Å²) < 4.78 is 21.6. The van der Waals surface area contributed by atoms with E-state index in [2.05, 4.69) is 75.1 Å². The Morgan fingerprint density at radius 3 is 2.51 bits per heavy atom. The Morgan fingerprint density at radius 2 is 1.77 bits per heavy atom. The molecule has 0 radical (unpaired) electrons. The lowest BCUT2D eigenvalue weighted by Gasteiger charge is -2.38. The maximum Gasteiger partial charge on any atom is 0.229 e. The number of likely N-dealkylation sites (tertiary alicyclic amines) is 1. The van der Waals surface area contributed by atoms with Crippen molar-refractivity contribution >= 4 is 72.5 Å². The number of methoxy groups -OCH3 is 1. The van der Waals surface area contributed by atoms with Crippen LogP contribution in [0.15, 0.2) is 47.3 Å². The molecule has 2 aliphatic rings. The summed E-state index contributed by atoms with van der Waals surface area (Å²) in [6, 6.07) is 8.63. The zero-order valence-corrected chi connectivity index (χ0v) is 27.0. The number of nitrogens with zero attached hydrogens (tertiary/aromatic N) is 6. The van der Waals surface area contributed by atoms with E-state index in [0.29, 0.717) is 44.7 Å². The fourth-order valence-electron chi connectivity index (χ4n) is 6.01. The first-order valence-electron chi connectivity index (χ1n) is 14.5. The number of hydrogen-bond acceptors (Lipinski definition) is 10. The first-order valence-corrected chi connectivity index (χ1v) is 16.8. The predicted molar refractivity (Wildman–Crippen MR) is 177 cm³/mol. The van der Waals surface area contributed by atoms with Gasteiger partial charge >= 0.3 is 0 Å². The molecule has 4 aromatic rings. The van der Waals surface area contributed by atoms with Gasteiger partial charge in [0.25, 0.3) is 0 Å². The third-order valence-corrected chi connectivity index (χ3v) is 9.18. The molecule has 6 rings (SSSR count). The van der Waals surface area contributed by atoms with Crippen LogP contribution in [0.25, 0.3) is 11.0 Å². The average Bonchev–Trinajstić information content (AvgIpc) is 3.55. The average molecular weight is 667 g/mol. The number of piperidine rings is 1. The molecule has 0 aliphatic carbocycles. The number of ether oxygens (including phenoxy) is 1. The fraction of sp³-hybridized carbons (Fsp3) is 0.400. The molecule has 13 heteroatoms. The van der Waals surface area contributed by atoms with E-state index < -0.39 is 11.0 Å². The van der Waals surface area contributed by atoms with Gasteiger partial charge in [-0.15, -0.1) is 0 Å². The Bertz CT molecular complexity index is 1640. The van der Waals surface area contributed by atoms with Gasteiger partial charge in [0, 0.05) is 55.7 Å². The van der Waals surface area contributed by atoms with Crippen LogP contribution >= 0.6 is 15.9 Å². The molecule has 0 saturated carbocycles. The SMILES string of the molecule is COc1cc(N2CCC(N3CCCC3)CC2)c(C)cc1Nc1ncc(Br)c(Nc2ccc3nccnc3c2NS(C)=O)n1. The van der Waals surface area contributed by atoms with Crippen molar-refractivity contribution in [3.63, 3.8) is 0 Å². The van der Waals surface area contributed by atoms with Gasteiger partial charge in [0.05, 0.1) is 34.2 Å². The first kappa shape index (κ1) is 29.5. The van der Waals surface area contributed by atoms with Crippen molar-refractivity contribution in [2.24, 2.45) is 0 Å². The van der Waals surface area contributed by atoms with E-state index in [9.17, 15) is 4.21 Å². The predicted octanol–water partition coefficient (Wildman–Crippen LogP) is 5.76. The van der Waals surface area contributed by atoms with E-state index in [4.69, 9.17) is 9.72 Å². The highest BCUT2D eigenvalue weighted by molar-refractivity contribution is 9.10. The number of anilines is 6. The van der Waals surface area contributed by atoms with E-state index in [1.807, 2.05) is 12.1 Å². The van der Waals surface area contributed by atoms with Crippen molar-refractivity contribution in [1.82, 2.24) is 24.8 Å². The smallest absolute Gasteiger partial charge is 0.229 e. The lowest BCUT2D eigenvalue weighted by molar-refractivity contribution is 0.208. The largest absolute Gasteiger partial charge is 0.494 e. The lowest BCUT2D eigenvalue weighted by atomic mass is 10.0. The van der Waals surface area contributed by atoms with Crippen LogP contribution in [0.3, 0.4) is 0 Å². The van der Waals surface area contributed by atoms with Crippen LogP contribution in [0.5, 0.6) is 5.75 Å². The van der Waals surface area contributed by atoms with Crippen LogP contribution in [-0.2, 0) is 11.0 Å². The van der Waals surface area contributed by atoms with E-state index in [1.54, 1.807) is 32.0 Å². The highest BCUT2D eigenvalue weighted by atomic mass is 79.9. The lowest BCUT2D eigenvalue weighted by Crippen LogP contribution is -2.44. The minimum Gasteiger partial charge on any atom is -0.494 e. The molecule has 0 amide bonds. The second kappa shape index (κ2) is 13.0. The molecule has 1 unspecified atom stereocenters. The quantitative estimate of drug-likeness (QED) is 0.204. The molecule has 2 aromatic heterocycles. The summed E-state index contributed by atoms with van der Waals surface area (Å²) >= 11 is 3.56. The zero-order chi connectivity index (χ0) is 29.9. The fourth-order valence-corrected chi connectivity index (χ4v) is 6.80. The molecule has 4 heterocycles. The van der Waals surface area contributed by atoms with Crippen LogP contribution in [-0.4, -0.2) is 74.6 Å². The summed E-state index contributed by atoms with van der Waals surface area (Å²) in [6.07, 6.45) is 11.5. The molecule has 2 fully saturated rings. The highest BCUT2D eigenvalue weighted by Gasteiger charge is 2.27. The summed E-state index contributed by atoms with van der Waals surface area (Å²) in [5.74, 6) is 1.66.